The summed E-state index contributed by atoms with van der Waals surface area (Å²) in [5.74, 6) is -1.15. The summed E-state index contributed by atoms with van der Waals surface area (Å²) in [6.45, 7) is -0.296. The number of rotatable bonds is 7. The summed E-state index contributed by atoms with van der Waals surface area (Å²) in [6.07, 6.45) is -4.67. The lowest BCUT2D eigenvalue weighted by molar-refractivity contribution is -0.138. The number of hydrogen-bond donors (Lipinski definition) is 1. The summed E-state index contributed by atoms with van der Waals surface area (Å²) in [5, 5.41) is 2.55. The molecule has 0 radical (unpaired) electrons. The first kappa shape index (κ1) is 19.8. The number of carbonyl (C=O) groups excluding carboxylic acids is 2. The van der Waals surface area contributed by atoms with Gasteiger partial charge in [-0.05, 0) is 24.3 Å². The molecule has 138 valence electrons. The molecule has 4 nitrogen and oxygen atoms in total. The molecule has 0 atom stereocenters. The van der Waals surface area contributed by atoms with Crippen LogP contribution in [0.4, 0.5) is 13.2 Å². The quantitative estimate of drug-likeness (QED) is 0.449. The first-order chi connectivity index (χ1) is 12.4. The first-order valence-electron chi connectivity index (χ1n) is 7.66. The number of nitrogens with one attached hydrogen (secondary N) is 1. The average molecular weight is 383 g/mol. The molecule has 26 heavy (non-hydrogen) atoms. The Bertz CT molecular complexity index is 751. The van der Waals surface area contributed by atoms with Gasteiger partial charge in [0.1, 0.15) is 0 Å². The molecule has 0 aromatic heterocycles. The van der Waals surface area contributed by atoms with E-state index in [1.807, 2.05) is 30.3 Å². The van der Waals surface area contributed by atoms with E-state index in [-0.39, 0.29) is 0 Å². The fourth-order valence-electron chi connectivity index (χ4n) is 2.04. The molecule has 1 N–H and O–H groups in total. The summed E-state index contributed by atoms with van der Waals surface area (Å²) in [4.78, 5) is 24.5. The van der Waals surface area contributed by atoms with Crippen molar-refractivity contribution in [3.63, 3.8) is 0 Å². The minimum Gasteiger partial charge on any atom is -0.452 e. The number of alkyl halides is 3. The smallest absolute Gasteiger partial charge is 0.417 e. The first-order valence-corrected chi connectivity index (χ1v) is 8.64. The van der Waals surface area contributed by atoms with Crippen LogP contribution in [0.5, 0.6) is 0 Å². The van der Waals surface area contributed by atoms with Crippen molar-refractivity contribution in [2.24, 2.45) is 0 Å². The zero-order valence-corrected chi connectivity index (χ0v) is 14.4. The normalized spacial score (nSPS) is 11.0. The molecule has 0 fully saturated rings. The zero-order valence-electron chi connectivity index (χ0n) is 13.6. The van der Waals surface area contributed by atoms with E-state index in [1.54, 1.807) is 11.8 Å². The SMILES string of the molecule is O=C(COC(=O)c1ccccc1C(F)(F)F)NCCSc1ccccc1. The van der Waals surface area contributed by atoms with Crippen molar-refractivity contribution in [1.29, 1.82) is 0 Å². The number of ether oxygens (including phenoxy) is 1. The molecule has 1 amide bonds. The maximum absolute atomic E-state index is 12.9. The van der Waals surface area contributed by atoms with Gasteiger partial charge in [-0.2, -0.15) is 13.2 Å². The van der Waals surface area contributed by atoms with E-state index in [0.29, 0.717) is 12.3 Å². The van der Waals surface area contributed by atoms with Crippen molar-refractivity contribution in [2.45, 2.75) is 11.1 Å². The predicted octanol–water partition coefficient (Wildman–Crippen LogP) is 3.77. The molecule has 2 aromatic rings. The van der Waals surface area contributed by atoms with Crippen LogP contribution in [0.15, 0.2) is 59.5 Å². The van der Waals surface area contributed by atoms with Gasteiger partial charge in [-0.25, -0.2) is 4.79 Å². The highest BCUT2D eigenvalue weighted by Crippen LogP contribution is 2.32. The third-order valence-electron chi connectivity index (χ3n) is 3.22. The Labute approximate surface area is 152 Å². The fraction of sp³-hybridized carbons (Fsp3) is 0.222. The molecule has 8 heteroatoms. The fourth-order valence-corrected chi connectivity index (χ4v) is 2.83. The third kappa shape index (κ3) is 6.11. The summed E-state index contributed by atoms with van der Waals surface area (Å²) in [7, 11) is 0. The maximum atomic E-state index is 12.9. The number of amides is 1. The Morgan fingerprint density at radius 2 is 1.65 bits per heavy atom. The van der Waals surface area contributed by atoms with Crippen molar-refractivity contribution in [1.82, 2.24) is 5.32 Å². The maximum Gasteiger partial charge on any atom is 0.417 e. The van der Waals surface area contributed by atoms with E-state index < -0.39 is 35.8 Å². The molecule has 0 unspecified atom stereocenters. The number of hydrogen-bond acceptors (Lipinski definition) is 4. The number of thioether (sulfide) groups is 1. The van der Waals surface area contributed by atoms with Crippen molar-refractivity contribution in [3.05, 3.63) is 65.7 Å². The summed E-state index contributed by atoms with van der Waals surface area (Å²) >= 11 is 1.54. The largest absolute Gasteiger partial charge is 0.452 e. The molecular formula is C18H16F3NO3S. The van der Waals surface area contributed by atoms with Crippen molar-refractivity contribution in [3.8, 4) is 0 Å². The molecule has 0 aliphatic heterocycles. The molecule has 0 aliphatic rings. The second-order valence-electron chi connectivity index (χ2n) is 5.13. The number of halogens is 3. The van der Waals surface area contributed by atoms with E-state index in [0.717, 1.165) is 17.0 Å². The zero-order chi connectivity index (χ0) is 19.0. The van der Waals surface area contributed by atoms with Gasteiger partial charge < -0.3 is 10.1 Å². The molecule has 2 rings (SSSR count). The van der Waals surface area contributed by atoms with Crippen LogP contribution in [-0.2, 0) is 15.7 Å². The predicted molar refractivity (Wildman–Crippen MR) is 91.9 cm³/mol. The molecule has 0 saturated heterocycles. The molecule has 0 aliphatic carbocycles. The topological polar surface area (TPSA) is 55.4 Å². The highest BCUT2D eigenvalue weighted by atomic mass is 32.2. The van der Waals surface area contributed by atoms with Crippen LogP contribution in [0.2, 0.25) is 0 Å². The lowest BCUT2D eigenvalue weighted by Crippen LogP contribution is -2.30. The van der Waals surface area contributed by atoms with Crippen LogP contribution in [-0.4, -0.2) is 30.8 Å². The Morgan fingerprint density at radius 3 is 2.35 bits per heavy atom. The second-order valence-corrected chi connectivity index (χ2v) is 6.30. The molecule has 0 bridgehead atoms. The van der Waals surface area contributed by atoms with Crippen molar-refractivity contribution in [2.75, 3.05) is 18.9 Å². The van der Waals surface area contributed by atoms with Gasteiger partial charge in [0.05, 0.1) is 11.1 Å². The lowest BCUT2D eigenvalue weighted by Gasteiger charge is -2.12. The molecule has 2 aromatic carbocycles. The average Bonchev–Trinajstić information content (AvgIpc) is 2.63. The minimum absolute atomic E-state index is 0.342. The summed E-state index contributed by atoms with van der Waals surface area (Å²) in [6, 6.07) is 13.9. The molecule has 0 heterocycles. The van der Waals surface area contributed by atoms with Gasteiger partial charge >= 0.3 is 12.1 Å². The monoisotopic (exact) mass is 383 g/mol. The number of esters is 1. The van der Waals surface area contributed by atoms with Gasteiger partial charge in [0.25, 0.3) is 5.91 Å². The van der Waals surface area contributed by atoms with Gasteiger partial charge in [-0.15, -0.1) is 11.8 Å². The molecular weight excluding hydrogens is 367 g/mol. The van der Waals surface area contributed by atoms with Crippen LogP contribution in [0, 0.1) is 0 Å². The van der Waals surface area contributed by atoms with Crippen LogP contribution in [0.25, 0.3) is 0 Å². The molecule has 0 spiro atoms. The third-order valence-corrected chi connectivity index (χ3v) is 4.24. The van der Waals surface area contributed by atoms with Crippen molar-refractivity contribution < 1.29 is 27.5 Å². The summed E-state index contributed by atoms with van der Waals surface area (Å²) in [5.41, 5.74) is -1.71. The van der Waals surface area contributed by atoms with Crippen LogP contribution in [0.3, 0.4) is 0 Å². The van der Waals surface area contributed by atoms with Gasteiger partial charge in [-0.3, -0.25) is 4.79 Å². The van der Waals surface area contributed by atoms with Crippen LogP contribution < -0.4 is 5.32 Å². The second kappa shape index (κ2) is 9.28. The Kier molecular flexibility index (Phi) is 7.08. The van der Waals surface area contributed by atoms with Gasteiger partial charge in [-0.1, -0.05) is 30.3 Å². The van der Waals surface area contributed by atoms with Crippen LogP contribution in [0.1, 0.15) is 15.9 Å². The Morgan fingerprint density at radius 1 is 1.00 bits per heavy atom. The van der Waals surface area contributed by atoms with E-state index in [2.05, 4.69) is 10.1 Å². The van der Waals surface area contributed by atoms with E-state index in [1.165, 1.54) is 12.1 Å². The van der Waals surface area contributed by atoms with Gasteiger partial charge in [0, 0.05) is 17.2 Å². The minimum atomic E-state index is -4.67. The highest BCUT2D eigenvalue weighted by Gasteiger charge is 2.35. The van der Waals surface area contributed by atoms with E-state index in [4.69, 9.17) is 0 Å². The number of benzene rings is 2. The number of carbonyl (C=O) groups is 2. The van der Waals surface area contributed by atoms with E-state index >= 15 is 0 Å². The Balaban J connectivity index is 1.76. The standard InChI is InChI=1S/C18H16F3NO3S/c19-18(20,21)15-9-5-4-8-14(15)17(24)25-12-16(23)22-10-11-26-13-6-2-1-3-7-13/h1-9H,10-12H2,(H,22,23). The highest BCUT2D eigenvalue weighted by molar-refractivity contribution is 7.99. The van der Waals surface area contributed by atoms with Crippen LogP contribution >= 0.6 is 11.8 Å². The van der Waals surface area contributed by atoms with E-state index in [9.17, 15) is 22.8 Å². The lowest BCUT2D eigenvalue weighted by atomic mass is 10.1. The molecule has 0 saturated carbocycles. The van der Waals surface area contributed by atoms with Crippen molar-refractivity contribution >= 4 is 23.6 Å². The van der Waals surface area contributed by atoms with Gasteiger partial charge in [0.15, 0.2) is 6.61 Å². The summed E-state index contributed by atoms with van der Waals surface area (Å²) < 4.78 is 43.3. The Hall–Kier alpha value is -2.48. The van der Waals surface area contributed by atoms with Gasteiger partial charge in [0.2, 0.25) is 0 Å².